The Balaban J connectivity index is 1.79. The second-order valence-electron chi connectivity index (χ2n) is 9.26. The van der Waals surface area contributed by atoms with Gasteiger partial charge >= 0.3 is 5.97 Å². The second-order valence-corrected chi connectivity index (χ2v) is 9.26. The summed E-state index contributed by atoms with van der Waals surface area (Å²) in [5.74, 6) is -4.15. The maximum absolute atomic E-state index is 15.1. The Hall–Kier alpha value is -4.19. The molecule has 1 saturated heterocycles. The van der Waals surface area contributed by atoms with Crippen molar-refractivity contribution in [1.29, 1.82) is 0 Å². The number of hydroxylamine groups is 2. The van der Waals surface area contributed by atoms with Crippen molar-refractivity contribution in [1.82, 2.24) is 19.9 Å². The lowest BCUT2D eigenvalue weighted by Gasteiger charge is -2.47. The number of aromatic nitrogens is 2. The monoisotopic (exact) mass is 526 g/mol. The molecule has 0 aliphatic carbocycles. The number of methoxy groups -OCH3 is 1. The topological polar surface area (TPSA) is 106 Å². The van der Waals surface area contributed by atoms with Gasteiger partial charge in [0.1, 0.15) is 24.4 Å². The molecular formula is C26H25F3N6O3. The van der Waals surface area contributed by atoms with Gasteiger partial charge in [-0.2, -0.15) is 0 Å². The molecule has 2 atom stereocenters. The third-order valence-electron chi connectivity index (χ3n) is 6.67. The molecule has 0 radical (unpaired) electrons. The van der Waals surface area contributed by atoms with Gasteiger partial charge in [-0.3, -0.25) is 4.79 Å². The van der Waals surface area contributed by atoms with E-state index in [0.717, 1.165) is 17.6 Å². The molecule has 38 heavy (non-hydrogen) atoms. The molecule has 3 heterocycles. The first-order valence-corrected chi connectivity index (χ1v) is 11.7. The number of nitrogens with zero attached hydrogens (tertiary/aromatic N) is 5. The molecule has 0 bridgehead atoms. The fourth-order valence-electron chi connectivity index (χ4n) is 5.18. The standard InChI is InChI=1S/C26H25F3N6O3/c1-15-8-18(5-7-22(15)37-3)26(19-4-6-21(27)20(9-19)17-10-31-14-32-11-17)23-34(24(30)33-26)12-25(28,29)13-35(23)38-16(2)36/h4-11,14,23H,12-13H2,1-3H3,(H2,30,33). The average Bonchev–Trinajstić information content (AvgIpc) is 3.16. The quantitative estimate of drug-likeness (QED) is 0.540. The van der Waals surface area contributed by atoms with Crippen LogP contribution < -0.4 is 10.5 Å². The van der Waals surface area contributed by atoms with Crippen molar-refractivity contribution in [3.05, 3.63) is 77.6 Å². The Kier molecular flexibility index (Phi) is 6.22. The van der Waals surface area contributed by atoms with E-state index in [1.54, 1.807) is 24.3 Å². The molecule has 1 aromatic heterocycles. The van der Waals surface area contributed by atoms with E-state index in [4.69, 9.17) is 20.3 Å². The van der Waals surface area contributed by atoms with E-state index < -0.39 is 42.5 Å². The lowest BCUT2D eigenvalue weighted by atomic mass is 9.78. The van der Waals surface area contributed by atoms with E-state index in [2.05, 4.69) is 9.97 Å². The van der Waals surface area contributed by atoms with Crippen LogP contribution in [-0.4, -0.2) is 64.1 Å². The van der Waals surface area contributed by atoms with Crippen LogP contribution in [0, 0.1) is 12.7 Å². The molecule has 0 saturated carbocycles. The smallest absolute Gasteiger partial charge is 0.322 e. The number of alkyl halides is 2. The van der Waals surface area contributed by atoms with E-state index >= 15 is 4.39 Å². The summed E-state index contributed by atoms with van der Waals surface area (Å²) in [7, 11) is 1.53. The van der Waals surface area contributed by atoms with E-state index in [9.17, 15) is 13.6 Å². The molecule has 1 fully saturated rings. The Bertz CT molecular complexity index is 1420. The molecule has 9 nitrogen and oxygen atoms in total. The molecule has 3 aromatic rings. The van der Waals surface area contributed by atoms with Crippen molar-refractivity contribution < 1.29 is 27.5 Å². The third-order valence-corrected chi connectivity index (χ3v) is 6.67. The highest BCUT2D eigenvalue weighted by molar-refractivity contribution is 5.83. The first-order chi connectivity index (χ1) is 18.1. The third kappa shape index (κ3) is 4.20. The molecule has 198 valence electrons. The Morgan fingerprint density at radius 2 is 1.79 bits per heavy atom. The van der Waals surface area contributed by atoms with Gasteiger partial charge in [0.2, 0.25) is 0 Å². The van der Waals surface area contributed by atoms with Gasteiger partial charge < -0.3 is 20.2 Å². The molecule has 2 aliphatic rings. The van der Waals surface area contributed by atoms with Crippen LogP contribution in [0.4, 0.5) is 13.2 Å². The minimum absolute atomic E-state index is 0.172. The fourth-order valence-corrected chi connectivity index (χ4v) is 5.18. The first-order valence-electron chi connectivity index (χ1n) is 11.7. The van der Waals surface area contributed by atoms with Crippen molar-refractivity contribution in [2.45, 2.75) is 31.5 Å². The predicted octanol–water partition coefficient (Wildman–Crippen LogP) is 3.23. The maximum atomic E-state index is 15.1. The molecule has 2 unspecified atom stereocenters. The SMILES string of the molecule is COc1ccc(C2(c3ccc(F)c(-c4cncnc4)c3)N=C(N)N3CC(F)(F)CN(OC(C)=O)C32)cc1C. The summed E-state index contributed by atoms with van der Waals surface area (Å²) in [6, 6.07) is 9.60. The summed E-state index contributed by atoms with van der Waals surface area (Å²) < 4.78 is 50.1. The zero-order valence-corrected chi connectivity index (χ0v) is 20.9. The van der Waals surface area contributed by atoms with Crippen molar-refractivity contribution in [3.63, 3.8) is 0 Å². The van der Waals surface area contributed by atoms with Crippen LogP contribution in [0.3, 0.4) is 0 Å². The number of ether oxygens (including phenoxy) is 1. The van der Waals surface area contributed by atoms with Crippen LogP contribution in [0.5, 0.6) is 5.75 Å². The van der Waals surface area contributed by atoms with Gasteiger partial charge in [0.05, 0.1) is 13.7 Å². The van der Waals surface area contributed by atoms with Gasteiger partial charge in [0.25, 0.3) is 5.92 Å². The molecule has 2 aromatic carbocycles. The number of carbonyl (C=O) groups excluding carboxylic acids is 1. The number of benzene rings is 2. The summed E-state index contributed by atoms with van der Waals surface area (Å²) in [5.41, 5.74) is 7.11. The van der Waals surface area contributed by atoms with Crippen LogP contribution in [-0.2, 0) is 15.2 Å². The highest BCUT2D eigenvalue weighted by atomic mass is 19.3. The normalized spacial score (nSPS) is 22.5. The molecule has 5 rings (SSSR count). The van der Waals surface area contributed by atoms with E-state index in [-0.39, 0.29) is 11.5 Å². The maximum Gasteiger partial charge on any atom is 0.322 e. The number of rotatable bonds is 5. The summed E-state index contributed by atoms with van der Waals surface area (Å²) in [4.78, 5) is 31.3. The average molecular weight is 527 g/mol. The molecule has 12 heteroatoms. The molecule has 0 amide bonds. The number of carbonyl (C=O) groups is 1. The van der Waals surface area contributed by atoms with Crippen LogP contribution in [0.15, 0.2) is 60.1 Å². The zero-order valence-electron chi connectivity index (χ0n) is 20.9. The highest BCUT2D eigenvalue weighted by Gasteiger charge is 2.61. The number of fused-ring (bicyclic) bond motifs is 1. The van der Waals surface area contributed by atoms with Gasteiger partial charge in [0, 0.05) is 30.4 Å². The van der Waals surface area contributed by atoms with Crippen molar-refractivity contribution >= 4 is 11.9 Å². The fraction of sp³-hybridized carbons (Fsp3) is 0.308. The number of guanidine groups is 1. The lowest BCUT2D eigenvalue weighted by molar-refractivity contribution is -0.263. The summed E-state index contributed by atoms with van der Waals surface area (Å²) >= 11 is 0. The highest BCUT2D eigenvalue weighted by Crippen LogP contribution is 2.49. The number of hydrogen-bond donors (Lipinski definition) is 1. The largest absolute Gasteiger partial charge is 0.496 e. The van der Waals surface area contributed by atoms with E-state index in [1.165, 1.54) is 42.9 Å². The Labute approximate surface area is 216 Å². The van der Waals surface area contributed by atoms with Gasteiger partial charge in [-0.25, -0.2) is 28.1 Å². The Morgan fingerprint density at radius 1 is 1.11 bits per heavy atom. The van der Waals surface area contributed by atoms with Gasteiger partial charge in [0.15, 0.2) is 17.7 Å². The van der Waals surface area contributed by atoms with E-state index in [0.29, 0.717) is 22.4 Å². The van der Waals surface area contributed by atoms with Crippen molar-refractivity contribution in [3.8, 4) is 16.9 Å². The van der Waals surface area contributed by atoms with E-state index in [1.807, 2.05) is 6.92 Å². The number of halogens is 3. The van der Waals surface area contributed by atoms with Crippen LogP contribution >= 0.6 is 0 Å². The summed E-state index contributed by atoms with van der Waals surface area (Å²) in [5, 5.41) is 0.906. The lowest BCUT2D eigenvalue weighted by Crippen LogP contribution is -2.66. The summed E-state index contributed by atoms with van der Waals surface area (Å²) in [6.45, 7) is 1.32. The number of aliphatic imine (C=N–C) groups is 1. The van der Waals surface area contributed by atoms with Gasteiger partial charge in [-0.15, -0.1) is 5.06 Å². The molecule has 2 N–H and O–H groups in total. The zero-order chi connectivity index (χ0) is 27.2. The second kappa shape index (κ2) is 9.28. The van der Waals surface area contributed by atoms with Crippen molar-refractivity contribution in [2.24, 2.45) is 10.7 Å². The number of hydrogen-bond acceptors (Lipinski definition) is 9. The molecule has 0 spiro atoms. The van der Waals surface area contributed by atoms with Gasteiger partial charge in [-0.05, 0) is 47.9 Å². The van der Waals surface area contributed by atoms with Crippen LogP contribution in [0.25, 0.3) is 11.1 Å². The molecular weight excluding hydrogens is 501 g/mol. The number of nitrogens with two attached hydrogens (primary N) is 1. The first kappa shape index (κ1) is 25.5. The van der Waals surface area contributed by atoms with Gasteiger partial charge in [-0.1, -0.05) is 12.1 Å². The minimum Gasteiger partial charge on any atom is -0.496 e. The van der Waals surface area contributed by atoms with Crippen LogP contribution in [0.2, 0.25) is 0 Å². The predicted molar refractivity (Wildman–Crippen MR) is 131 cm³/mol. The van der Waals surface area contributed by atoms with Crippen molar-refractivity contribution in [2.75, 3.05) is 20.2 Å². The number of aryl methyl sites for hydroxylation is 1. The molecule has 2 aliphatic heterocycles. The summed E-state index contributed by atoms with van der Waals surface area (Å²) in [6.07, 6.45) is 3.16. The Morgan fingerprint density at radius 3 is 2.45 bits per heavy atom. The minimum atomic E-state index is -3.26. The van der Waals surface area contributed by atoms with Crippen LogP contribution in [0.1, 0.15) is 23.6 Å².